The fraction of sp³-hybridized carbons (Fsp3) is 0.389. The molecule has 22 heavy (non-hydrogen) atoms. The van der Waals surface area contributed by atoms with E-state index >= 15 is 0 Å². The summed E-state index contributed by atoms with van der Waals surface area (Å²) in [5.74, 6) is -0.00885. The Morgan fingerprint density at radius 3 is 2.73 bits per heavy atom. The van der Waals surface area contributed by atoms with Crippen molar-refractivity contribution in [2.24, 2.45) is 0 Å². The number of amides is 1. The van der Waals surface area contributed by atoms with E-state index in [1.54, 1.807) is 17.8 Å². The summed E-state index contributed by atoms with van der Waals surface area (Å²) in [6.07, 6.45) is 8.45. The van der Waals surface area contributed by atoms with E-state index in [0.717, 1.165) is 30.7 Å². The predicted molar refractivity (Wildman–Crippen MR) is 88.4 cm³/mol. The number of carbonyl (C=O) groups excluding carboxylic acids is 1. The third-order valence-corrected chi connectivity index (χ3v) is 5.39. The van der Waals surface area contributed by atoms with Crippen LogP contribution in [0.2, 0.25) is 0 Å². The van der Waals surface area contributed by atoms with Crippen LogP contribution in [0, 0.1) is 0 Å². The van der Waals surface area contributed by atoms with Crippen molar-refractivity contribution in [2.45, 2.75) is 41.9 Å². The maximum Gasteiger partial charge on any atom is 0.236 e. The summed E-state index contributed by atoms with van der Waals surface area (Å²) in [6, 6.07) is 10.1. The molecule has 0 spiro atoms. The molecule has 0 saturated carbocycles. The Balaban J connectivity index is 1.72. The van der Waals surface area contributed by atoms with Gasteiger partial charge in [0, 0.05) is 11.4 Å². The number of halogens is 1. The lowest BCUT2D eigenvalue weighted by Gasteiger charge is -2.31. The van der Waals surface area contributed by atoms with Gasteiger partial charge in [0.15, 0.2) is 0 Å². The van der Waals surface area contributed by atoms with Crippen LogP contribution in [0.15, 0.2) is 59.3 Å². The number of hydrogen-bond acceptors (Lipinski definition) is 2. The van der Waals surface area contributed by atoms with E-state index in [2.05, 4.69) is 0 Å². The van der Waals surface area contributed by atoms with Crippen LogP contribution in [0.4, 0.5) is 4.39 Å². The van der Waals surface area contributed by atoms with Gasteiger partial charge in [-0.2, -0.15) is 0 Å². The first-order valence-electron chi connectivity index (χ1n) is 7.80. The Kier molecular flexibility index (Phi) is 4.98. The zero-order valence-electron chi connectivity index (χ0n) is 12.5. The number of thioether (sulfide) groups is 1. The summed E-state index contributed by atoms with van der Waals surface area (Å²) in [5, 5.41) is -0.0333. The molecule has 2 unspecified atom stereocenters. The SMILES string of the molecule is O=C1C(Sc2ccccc2)CCCCN1C1C=CC(F)=CC1. The number of rotatable bonds is 3. The minimum atomic E-state index is -0.200. The van der Waals surface area contributed by atoms with Crippen LogP contribution in [-0.2, 0) is 4.79 Å². The average Bonchev–Trinajstić information content (AvgIpc) is 2.72. The van der Waals surface area contributed by atoms with Crippen molar-refractivity contribution in [2.75, 3.05) is 6.54 Å². The molecule has 2 nitrogen and oxygen atoms in total. The third-order valence-electron chi connectivity index (χ3n) is 4.13. The minimum Gasteiger partial charge on any atom is -0.335 e. The number of likely N-dealkylation sites (tertiary alicyclic amines) is 1. The monoisotopic (exact) mass is 317 g/mol. The molecule has 2 aliphatic rings. The van der Waals surface area contributed by atoms with Gasteiger partial charge in [0.1, 0.15) is 5.83 Å². The molecule has 1 saturated heterocycles. The second-order valence-electron chi connectivity index (χ2n) is 5.70. The van der Waals surface area contributed by atoms with Gasteiger partial charge < -0.3 is 4.90 Å². The van der Waals surface area contributed by atoms with Gasteiger partial charge >= 0.3 is 0 Å². The first kappa shape index (κ1) is 15.3. The molecule has 4 heteroatoms. The van der Waals surface area contributed by atoms with Crippen LogP contribution >= 0.6 is 11.8 Å². The lowest BCUT2D eigenvalue weighted by molar-refractivity contribution is -0.131. The molecule has 0 bridgehead atoms. The number of benzene rings is 1. The molecule has 0 N–H and O–H groups in total. The molecule has 1 amide bonds. The van der Waals surface area contributed by atoms with Gasteiger partial charge in [0.25, 0.3) is 0 Å². The fourth-order valence-electron chi connectivity index (χ4n) is 2.95. The maximum atomic E-state index is 13.1. The second kappa shape index (κ2) is 7.14. The molecule has 0 aromatic heterocycles. The van der Waals surface area contributed by atoms with E-state index in [-0.39, 0.29) is 23.0 Å². The maximum absolute atomic E-state index is 13.1. The lowest BCUT2D eigenvalue weighted by atomic mass is 10.1. The molecule has 1 aromatic carbocycles. The molecule has 3 rings (SSSR count). The fourth-order valence-corrected chi connectivity index (χ4v) is 4.11. The van der Waals surface area contributed by atoms with Gasteiger partial charge in [-0.1, -0.05) is 30.7 Å². The zero-order chi connectivity index (χ0) is 15.4. The van der Waals surface area contributed by atoms with Crippen LogP contribution in [0.5, 0.6) is 0 Å². The number of allylic oxidation sites excluding steroid dienone is 2. The molecule has 1 aliphatic carbocycles. The first-order valence-corrected chi connectivity index (χ1v) is 8.68. The average molecular weight is 317 g/mol. The van der Waals surface area contributed by atoms with E-state index in [0.29, 0.717) is 6.42 Å². The summed E-state index contributed by atoms with van der Waals surface area (Å²) in [7, 11) is 0. The topological polar surface area (TPSA) is 20.3 Å². The van der Waals surface area contributed by atoms with Crippen LogP contribution in [0.3, 0.4) is 0 Å². The first-order chi connectivity index (χ1) is 10.7. The standard InChI is InChI=1S/C18H20FNOS/c19-14-9-11-15(12-10-14)20-13-5-4-8-17(18(20)21)22-16-6-2-1-3-7-16/h1-3,6-7,9-11,15,17H,4-5,8,12-13H2. The summed E-state index contributed by atoms with van der Waals surface area (Å²) >= 11 is 1.65. The molecular formula is C18H20FNOS. The molecule has 1 heterocycles. The van der Waals surface area contributed by atoms with Crippen molar-refractivity contribution < 1.29 is 9.18 Å². The summed E-state index contributed by atoms with van der Waals surface area (Å²) in [6.45, 7) is 0.773. The van der Waals surface area contributed by atoms with Gasteiger partial charge in [0.2, 0.25) is 5.91 Å². The summed E-state index contributed by atoms with van der Waals surface area (Å²) < 4.78 is 13.1. The highest BCUT2D eigenvalue weighted by atomic mass is 32.2. The normalized spacial score (nSPS) is 25.8. The Hall–Kier alpha value is -1.55. The number of nitrogens with zero attached hydrogens (tertiary/aromatic N) is 1. The predicted octanol–water partition coefficient (Wildman–Crippen LogP) is 4.34. The van der Waals surface area contributed by atoms with Crippen LogP contribution in [-0.4, -0.2) is 28.6 Å². The van der Waals surface area contributed by atoms with E-state index in [9.17, 15) is 9.18 Å². The molecule has 0 radical (unpaired) electrons. The smallest absolute Gasteiger partial charge is 0.236 e. The van der Waals surface area contributed by atoms with Crippen molar-refractivity contribution >= 4 is 17.7 Å². The van der Waals surface area contributed by atoms with E-state index in [1.165, 1.54) is 6.08 Å². The van der Waals surface area contributed by atoms with Crippen molar-refractivity contribution in [3.8, 4) is 0 Å². The molecule has 1 aliphatic heterocycles. The largest absolute Gasteiger partial charge is 0.335 e. The Morgan fingerprint density at radius 2 is 2.00 bits per heavy atom. The zero-order valence-corrected chi connectivity index (χ0v) is 13.3. The highest BCUT2D eigenvalue weighted by Gasteiger charge is 2.31. The quantitative estimate of drug-likeness (QED) is 0.826. The van der Waals surface area contributed by atoms with Gasteiger partial charge in [-0.3, -0.25) is 4.79 Å². The minimum absolute atomic E-state index is 0.00368. The molecule has 2 atom stereocenters. The number of hydrogen-bond donors (Lipinski definition) is 0. The second-order valence-corrected chi connectivity index (χ2v) is 6.97. The molecular weight excluding hydrogens is 297 g/mol. The van der Waals surface area contributed by atoms with Crippen molar-refractivity contribution in [3.05, 3.63) is 54.4 Å². The van der Waals surface area contributed by atoms with Gasteiger partial charge in [0.05, 0.1) is 11.3 Å². The highest BCUT2D eigenvalue weighted by molar-refractivity contribution is 8.00. The lowest BCUT2D eigenvalue weighted by Crippen LogP contribution is -2.43. The third kappa shape index (κ3) is 3.61. The summed E-state index contributed by atoms with van der Waals surface area (Å²) in [5.41, 5.74) is 0. The van der Waals surface area contributed by atoms with Gasteiger partial charge in [-0.25, -0.2) is 4.39 Å². The molecule has 116 valence electrons. The van der Waals surface area contributed by atoms with Crippen LogP contribution in [0.25, 0.3) is 0 Å². The van der Waals surface area contributed by atoms with Crippen molar-refractivity contribution in [3.63, 3.8) is 0 Å². The summed E-state index contributed by atoms with van der Waals surface area (Å²) in [4.78, 5) is 16.0. The Morgan fingerprint density at radius 1 is 1.18 bits per heavy atom. The van der Waals surface area contributed by atoms with E-state index in [4.69, 9.17) is 0 Å². The molecule has 1 aromatic rings. The van der Waals surface area contributed by atoms with Crippen LogP contribution in [0.1, 0.15) is 25.7 Å². The number of carbonyl (C=O) groups is 1. The van der Waals surface area contributed by atoms with Gasteiger partial charge in [-0.05, 0) is 43.5 Å². The Bertz CT molecular complexity index is 584. The van der Waals surface area contributed by atoms with Crippen molar-refractivity contribution in [1.82, 2.24) is 4.90 Å². The van der Waals surface area contributed by atoms with Crippen LogP contribution < -0.4 is 0 Å². The van der Waals surface area contributed by atoms with E-state index in [1.807, 2.05) is 41.3 Å². The van der Waals surface area contributed by atoms with E-state index < -0.39 is 0 Å². The van der Waals surface area contributed by atoms with Crippen molar-refractivity contribution in [1.29, 1.82) is 0 Å². The van der Waals surface area contributed by atoms with Gasteiger partial charge in [-0.15, -0.1) is 11.8 Å². The highest BCUT2D eigenvalue weighted by Crippen LogP contribution is 2.31. The Labute approximate surface area is 135 Å². The molecule has 1 fully saturated rings.